The molecular weight excluding hydrogens is 262 g/mol. The summed E-state index contributed by atoms with van der Waals surface area (Å²) in [6.07, 6.45) is 1.81. The molecule has 1 atom stereocenters. The largest absolute Gasteiger partial charge is 0.395 e. The van der Waals surface area contributed by atoms with Crippen LogP contribution in [0.5, 0.6) is 0 Å². The molecule has 2 N–H and O–H groups in total. The van der Waals surface area contributed by atoms with E-state index in [2.05, 4.69) is 10.5 Å². The lowest BCUT2D eigenvalue weighted by Crippen LogP contribution is -2.49. The second kappa shape index (κ2) is 5.16. The van der Waals surface area contributed by atoms with E-state index in [-0.39, 0.29) is 24.0 Å². The normalized spacial score (nSPS) is 25.4. The third kappa shape index (κ3) is 2.44. The van der Waals surface area contributed by atoms with Gasteiger partial charge in [-0.2, -0.15) is 0 Å². The van der Waals surface area contributed by atoms with Crippen molar-refractivity contribution in [3.8, 4) is 0 Å². The number of ether oxygens (including phenoxy) is 1. The molecule has 2 fully saturated rings. The molecule has 1 amide bonds. The highest BCUT2D eigenvalue weighted by atomic mass is 16.5. The van der Waals surface area contributed by atoms with Crippen molar-refractivity contribution in [2.75, 3.05) is 38.7 Å². The summed E-state index contributed by atoms with van der Waals surface area (Å²) in [5, 5.41) is 16.0. The first-order valence-corrected chi connectivity index (χ1v) is 6.81. The van der Waals surface area contributed by atoms with Gasteiger partial charge in [-0.05, 0) is 19.9 Å². The zero-order valence-electron chi connectivity index (χ0n) is 11.5. The van der Waals surface area contributed by atoms with Crippen molar-refractivity contribution >= 4 is 11.8 Å². The number of aromatic nitrogens is 1. The van der Waals surface area contributed by atoms with Gasteiger partial charge in [0.15, 0.2) is 0 Å². The van der Waals surface area contributed by atoms with Crippen LogP contribution in [0.4, 0.5) is 5.88 Å². The number of nitrogens with one attached hydrogen (secondary N) is 1. The Morgan fingerprint density at radius 3 is 3.10 bits per heavy atom. The Bertz CT molecular complexity index is 498. The second-order valence-electron chi connectivity index (χ2n) is 5.58. The standard InChI is InChI=1S/C13H19N3O4/c1-16-4-5-19-7-9(16)12(18)14-11-6-10(15-20-11)13(8-17)2-3-13/h6,9,17H,2-5,7-8H2,1H3,(H,14,18). The molecule has 1 saturated carbocycles. The first-order valence-electron chi connectivity index (χ1n) is 6.81. The molecule has 1 unspecified atom stereocenters. The molecule has 1 saturated heterocycles. The summed E-state index contributed by atoms with van der Waals surface area (Å²) in [5.74, 6) is 0.160. The number of amides is 1. The first-order chi connectivity index (χ1) is 9.64. The van der Waals surface area contributed by atoms with Crippen LogP contribution in [0.1, 0.15) is 18.5 Å². The van der Waals surface area contributed by atoms with Crippen molar-refractivity contribution in [2.24, 2.45) is 0 Å². The number of carbonyl (C=O) groups excluding carboxylic acids is 1. The minimum absolute atomic E-state index is 0.0616. The number of morpholine rings is 1. The fraction of sp³-hybridized carbons (Fsp3) is 0.692. The summed E-state index contributed by atoms with van der Waals surface area (Å²) < 4.78 is 10.5. The lowest BCUT2D eigenvalue weighted by molar-refractivity contribution is -0.126. The highest BCUT2D eigenvalue weighted by Gasteiger charge is 2.46. The number of likely N-dealkylation sites (N-methyl/N-ethyl adjacent to an activating group) is 1. The molecule has 0 spiro atoms. The Balaban J connectivity index is 1.64. The summed E-state index contributed by atoms with van der Waals surface area (Å²) in [6, 6.07) is 1.38. The van der Waals surface area contributed by atoms with Crippen LogP contribution < -0.4 is 5.32 Å². The van der Waals surface area contributed by atoms with Crippen LogP contribution in [0, 0.1) is 0 Å². The zero-order valence-corrected chi connectivity index (χ0v) is 11.5. The smallest absolute Gasteiger partial charge is 0.246 e. The maximum atomic E-state index is 12.2. The molecule has 1 aromatic rings. The van der Waals surface area contributed by atoms with Crippen molar-refractivity contribution in [3.63, 3.8) is 0 Å². The summed E-state index contributed by atoms with van der Waals surface area (Å²) in [4.78, 5) is 14.1. The van der Waals surface area contributed by atoms with Gasteiger partial charge in [0.25, 0.3) is 0 Å². The van der Waals surface area contributed by atoms with E-state index in [1.807, 2.05) is 11.9 Å². The highest BCUT2D eigenvalue weighted by Crippen LogP contribution is 2.47. The van der Waals surface area contributed by atoms with Crippen LogP contribution in [0.15, 0.2) is 10.6 Å². The molecular formula is C13H19N3O4. The van der Waals surface area contributed by atoms with E-state index in [1.165, 1.54) is 0 Å². The van der Waals surface area contributed by atoms with Gasteiger partial charge in [0.1, 0.15) is 6.04 Å². The SMILES string of the molecule is CN1CCOCC1C(=O)Nc1cc(C2(CO)CC2)no1. The van der Waals surface area contributed by atoms with E-state index in [9.17, 15) is 9.90 Å². The molecule has 2 aliphatic rings. The van der Waals surface area contributed by atoms with Gasteiger partial charge in [-0.1, -0.05) is 5.16 Å². The summed E-state index contributed by atoms with van der Waals surface area (Å²) in [7, 11) is 1.89. The van der Waals surface area contributed by atoms with Crippen molar-refractivity contribution in [1.29, 1.82) is 0 Å². The van der Waals surface area contributed by atoms with Gasteiger partial charge in [-0.15, -0.1) is 0 Å². The van der Waals surface area contributed by atoms with Gasteiger partial charge < -0.3 is 14.4 Å². The van der Waals surface area contributed by atoms with Crippen LogP contribution in [0.3, 0.4) is 0 Å². The molecule has 20 heavy (non-hydrogen) atoms. The molecule has 1 aromatic heterocycles. The van der Waals surface area contributed by atoms with Crippen LogP contribution >= 0.6 is 0 Å². The second-order valence-corrected chi connectivity index (χ2v) is 5.58. The summed E-state index contributed by atoms with van der Waals surface area (Å²) in [6.45, 7) is 1.81. The minimum atomic E-state index is -0.315. The molecule has 110 valence electrons. The minimum Gasteiger partial charge on any atom is -0.395 e. The number of hydrogen-bond acceptors (Lipinski definition) is 6. The highest BCUT2D eigenvalue weighted by molar-refractivity contribution is 5.93. The van der Waals surface area contributed by atoms with Crippen LogP contribution in [0.25, 0.3) is 0 Å². The number of aliphatic hydroxyl groups excluding tert-OH is 1. The van der Waals surface area contributed by atoms with Gasteiger partial charge >= 0.3 is 0 Å². The third-order valence-electron chi connectivity index (χ3n) is 4.15. The van der Waals surface area contributed by atoms with Crippen LogP contribution in [-0.2, 0) is 14.9 Å². The summed E-state index contributed by atoms with van der Waals surface area (Å²) in [5.41, 5.74) is 0.459. The maximum absolute atomic E-state index is 12.2. The maximum Gasteiger partial charge on any atom is 0.246 e. The predicted molar refractivity (Wildman–Crippen MR) is 70.4 cm³/mol. The van der Waals surface area contributed by atoms with Gasteiger partial charge in [0.05, 0.1) is 25.5 Å². The van der Waals surface area contributed by atoms with E-state index < -0.39 is 0 Å². The predicted octanol–water partition coefficient (Wildman–Crippen LogP) is -0.0324. The number of carbonyl (C=O) groups is 1. The Kier molecular flexibility index (Phi) is 3.49. The van der Waals surface area contributed by atoms with Crippen molar-refractivity contribution in [2.45, 2.75) is 24.3 Å². The van der Waals surface area contributed by atoms with Crippen molar-refractivity contribution < 1.29 is 19.2 Å². The molecule has 1 aliphatic heterocycles. The lowest BCUT2D eigenvalue weighted by atomic mass is 10.0. The van der Waals surface area contributed by atoms with E-state index in [0.717, 1.165) is 19.4 Å². The molecule has 0 bridgehead atoms. The number of nitrogens with zero attached hydrogens (tertiary/aromatic N) is 2. The molecule has 3 rings (SSSR count). The fourth-order valence-corrected chi connectivity index (χ4v) is 2.40. The Labute approximate surface area is 116 Å². The monoisotopic (exact) mass is 281 g/mol. The number of hydrogen-bond donors (Lipinski definition) is 2. The third-order valence-corrected chi connectivity index (χ3v) is 4.15. The van der Waals surface area contributed by atoms with Crippen molar-refractivity contribution in [1.82, 2.24) is 10.1 Å². The summed E-state index contributed by atoms with van der Waals surface area (Å²) >= 11 is 0. The Morgan fingerprint density at radius 2 is 2.45 bits per heavy atom. The average Bonchev–Trinajstić information content (AvgIpc) is 3.12. The average molecular weight is 281 g/mol. The van der Waals surface area contributed by atoms with E-state index in [4.69, 9.17) is 9.26 Å². The van der Waals surface area contributed by atoms with Crippen molar-refractivity contribution in [3.05, 3.63) is 11.8 Å². The molecule has 7 nitrogen and oxygen atoms in total. The van der Waals surface area contributed by atoms with E-state index in [0.29, 0.717) is 24.8 Å². The van der Waals surface area contributed by atoms with Gasteiger partial charge in [0, 0.05) is 18.0 Å². The van der Waals surface area contributed by atoms with Gasteiger partial charge in [-0.25, -0.2) is 0 Å². The van der Waals surface area contributed by atoms with E-state index >= 15 is 0 Å². The molecule has 0 aromatic carbocycles. The molecule has 7 heteroatoms. The first kappa shape index (κ1) is 13.5. The van der Waals surface area contributed by atoms with Gasteiger partial charge in [-0.3, -0.25) is 15.0 Å². The number of anilines is 1. The molecule has 0 radical (unpaired) electrons. The fourth-order valence-electron chi connectivity index (χ4n) is 2.40. The quantitative estimate of drug-likeness (QED) is 0.805. The number of rotatable bonds is 4. The van der Waals surface area contributed by atoms with E-state index in [1.54, 1.807) is 6.07 Å². The Hall–Kier alpha value is -1.44. The number of aliphatic hydroxyl groups is 1. The van der Waals surface area contributed by atoms with Gasteiger partial charge in [0.2, 0.25) is 11.8 Å². The Morgan fingerprint density at radius 1 is 1.65 bits per heavy atom. The topological polar surface area (TPSA) is 87.8 Å². The molecule has 2 heterocycles. The lowest BCUT2D eigenvalue weighted by Gasteiger charge is -2.30. The van der Waals surface area contributed by atoms with Crippen LogP contribution in [0.2, 0.25) is 0 Å². The van der Waals surface area contributed by atoms with Crippen LogP contribution in [-0.4, -0.2) is 60.5 Å². The molecule has 1 aliphatic carbocycles. The zero-order chi connectivity index (χ0) is 14.2.